The van der Waals surface area contributed by atoms with Crippen molar-refractivity contribution in [3.8, 4) is 11.3 Å². The maximum absolute atomic E-state index is 11.1. The second-order valence-electron chi connectivity index (χ2n) is 4.50. The Labute approximate surface area is 115 Å². The molecule has 2 aromatic carbocycles. The molecule has 0 aliphatic carbocycles. The van der Waals surface area contributed by atoms with E-state index in [4.69, 9.17) is 16.0 Å². The quantitative estimate of drug-likeness (QED) is 0.622. The Bertz CT molecular complexity index is 772. The van der Waals surface area contributed by atoms with Crippen molar-refractivity contribution in [2.45, 2.75) is 6.92 Å². The molecule has 1 heterocycles. The van der Waals surface area contributed by atoms with Crippen LogP contribution in [0.4, 0.5) is 0 Å². The second-order valence-corrected chi connectivity index (χ2v) is 4.94. The Balaban J connectivity index is 2.21. The van der Waals surface area contributed by atoms with Crippen molar-refractivity contribution in [1.29, 1.82) is 0 Å². The number of carbonyl (C=O) groups excluding carboxylic acids is 1. The van der Waals surface area contributed by atoms with Crippen LogP contribution in [0.2, 0.25) is 5.02 Å². The van der Waals surface area contributed by atoms with E-state index < -0.39 is 0 Å². The average Bonchev–Trinajstić information content (AvgIpc) is 2.81. The van der Waals surface area contributed by atoms with Gasteiger partial charge in [0.25, 0.3) is 0 Å². The molecule has 0 spiro atoms. The van der Waals surface area contributed by atoms with Crippen LogP contribution in [0.25, 0.3) is 22.3 Å². The fourth-order valence-electron chi connectivity index (χ4n) is 2.15. The van der Waals surface area contributed by atoms with E-state index in [2.05, 4.69) is 6.07 Å². The van der Waals surface area contributed by atoms with E-state index in [-0.39, 0.29) is 0 Å². The first kappa shape index (κ1) is 12.0. The maximum atomic E-state index is 11.1. The van der Waals surface area contributed by atoms with Gasteiger partial charge in [-0.05, 0) is 43.3 Å². The molecule has 0 bridgehead atoms. The normalized spacial score (nSPS) is 10.8. The molecule has 0 radical (unpaired) electrons. The highest BCUT2D eigenvalue weighted by molar-refractivity contribution is 6.31. The third kappa shape index (κ3) is 2.15. The summed E-state index contributed by atoms with van der Waals surface area (Å²) in [6.45, 7) is 2.03. The molecule has 0 saturated heterocycles. The molecule has 3 aromatic rings. The van der Waals surface area contributed by atoms with Gasteiger partial charge in [0.05, 0.1) is 0 Å². The minimum atomic E-state index is 0.531. The van der Waals surface area contributed by atoms with Crippen LogP contribution in [0.15, 0.2) is 46.9 Å². The van der Waals surface area contributed by atoms with Crippen LogP contribution in [0.3, 0.4) is 0 Å². The molecule has 94 valence electrons. The highest BCUT2D eigenvalue weighted by Gasteiger charge is 2.10. The first-order chi connectivity index (χ1) is 9.17. The van der Waals surface area contributed by atoms with Gasteiger partial charge in [-0.15, -0.1) is 0 Å². The Morgan fingerprint density at radius 2 is 1.95 bits per heavy atom. The zero-order chi connectivity index (χ0) is 13.4. The lowest BCUT2D eigenvalue weighted by atomic mass is 10.1. The van der Waals surface area contributed by atoms with Crippen molar-refractivity contribution in [3.63, 3.8) is 0 Å². The minimum absolute atomic E-state index is 0.531. The van der Waals surface area contributed by atoms with Crippen molar-refractivity contribution in [3.05, 3.63) is 58.6 Å². The molecule has 2 nitrogen and oxygen atoms in total. The Morgan fingerprint density at radius 1 is 1.11 bits per heavy atom. The van der Waals surface area contributed by atoms with Gasteiger partial charge >= 0.3 is 0 Å². The molecular weight excluding hydrogens is 260 g/mol. The third-order valence-electron chi connectivity index (χ3n) is 3.08. The first-order valence-corrected chi connectivity index (χ1v) is 6.30. The number of hydrogen-bond acceptors (Lipinski definition) is 2. The lowest BCUT2D eigenvalue weighted by Crippen LogP contribution is -1.85. The highest BCUT2D eigenvalue weighted by atomic mass is 35.5. The van der Waals surface area contributed by atoms with Crippen molar-refractivity contribution < 1.29 is 9.21 Å². The second kappa shape index (κ2) is 4.56. The SMILES string of the molecule is Cc1ccc2oc(-c3ccc(Cl)cc3C=O)cc2c1. The number of aldehydes is 1. The predicted molar refractivity (Wildman–Crippen MR) is 76.8 cm³/mol. The molecule has 1 aromatic heterocycles. The summed E-state index contributed by atoms with van der Waals surface area (Å²) >= 11 is 5.89. The van der Waals surface area contributed by atoms with Crippen LogP contribution in [0.5, 0.6) is 0 Å². The number of halogens is 1. The van der Waals surface area contributed by atoms with E-state index in [0.29, 0.717) is 16.3 Å². The summed E-state index contributed by atoms with van der Waals surface area (Å²) in [5.74, 6) is 0.680. The van der Waals surface area contributed by atoms with E-state index >= 15 is 0 Å². The summed E-state index contributed by atoms with van der Waals surface area (Å²) in [6, 6.07) is 13.1. The number of fused-ring (bicyclic) bond motifs is 1. The molecule has 0 aliphatic rings. The molecule has 0 N–H and O–H groups in total. The van der Waals surface area contributed by atoms with Crippen LogP contribution < -0.4 is 0 Å². The van der Waals surface area contributed by atoms with Crippen molar-refractivity contribution in [2.24, 2.45) is 0 Å². The van der Waals surface area contributed by atoms with E-state index in [0.717, 1.165) is 22.8 Å². The standard InChI is InChI=1S/C16H11ClO2/c1-10-2-5-15-11(6-10)8-16(19-15)14-4-3-13(17)7-12(14)9-18/h2-9H,1H3. The van der Waals surface area contributed by atoms with Gasteiger partial charge in [-0.25, -0.2) is 0 Å². The van der Waals surface area contributed by atoms with Crippen LogP contribution in [0, 0.1) is 6.92 Å². The van der Waals surface area contributed by atoms with E-state index in [1.807, 2.05) is 25.1 Å². The minimum Gasteiger partial charge on any atom is -0.456 e. The first-order valence-electron chi connectivity index (χ1n) is 5.93. The van der Waals surface area contributed by atoms with Gasteiger partial charge in [0.2, 0.25) is 0 Å². The van der Waals surface area contributed by atoms with Crippen LogP contribution in [-0.4, -0.2) is 6.29 Å². The lowest BCUT2D eigenvalue weighted by molar-refractivity contribution is 0.112. The van der Waals surface area contributed by atoms with Gasteiger partial charge in [0, 0.05) is 21.5 Å². The molecule has 3 rings (SSSR count). The predicted octanol–water partition coefficient (Wildman–Crippen LogP) is 4.87. The van der Waals surface area contributed by atoms with Gasteiger partial charge in [0.15, 0.2) is 6.29 Å². The van der Waals surface area contributed by atoms with E-state index in [1.165, 1.54) is 5.56 Å². The van der Waals surface area contributed by atoms with Gasteiger partial charge in [-0.2, -0.15) is 0 Å². The summed E-state index contributed by atoms with van der Waals surface area (Å²) in [7, 11) is 0. The summed E-state index contributed by atoms with van der Waals surface area (Å²) < 4.78 is 5.79. The monoisotopic (exact) mass is 270 g/mol. The fourth-order valence-corrected chi connectivity index (χ4v) is 2.33. The van der Waals surface area contributed by atoms with Crippen molar-refractivity contribution >= 4 is 28.9 Å². The van der Waals surface area contributed by atoms with Crippen LogP contribution >= 0.6 is 11.6 Å². The van der Waals surface area contributed by atoms with Gasteiger partial charge in [0.1, 0.15) is 11.3 Å². The number of hydrogen-bond donors (Lipinski definition) is 0. The average molecular weight is 271 g/mol. The summed E-state index contributed by atoms with van der Waals surface area (Å²) in [5, 5.41) is 1.57. The molecule has 3 heteroatoms. The zero-order valence-corrected chi connectivity index (χ0v) is 11.1. The number of carbonyl (C=O) groups is 1. The largest absolute Gasteiger partial charge is 0.456 e. The zero-order valence-electron chi connectivity index (χ0n) is 10.3. The molecule has 0 fully saturated rings. The van der Waals surface area contributed by atoms with Crippen LogP contribution in [0.1, 0.15) is 15.9 Å². The number of rotatable bonds is 2. The Morgan fingerprint density at radius 3 is 2.74 bits per heavy atom. The Kier molecular flexibility index (Phi) is 2.88. The van der Waals surface area contributed by atoms with Gasteiger partial charge in [-0.1, -0.05) is 23.2 Å². The smallest absolute Gasteiger partial charge is 0.150 e. The topological polar surface area (TPSA) is 30.2 Å². The fraction of sp³-hybridized carbons (Fsp3) is 0.0625. The Hall–Kier alpha value is -2.06. The molecule has 0 amide bonds. The number of furan rings is 1. The molecule has 0 aliphatic heterocycles. The summed E-state index contributed by atoms with van der Waals surface area (Å²) in [6.07, 6.45) is 0.791. The lowest BCUT2D eigenvalue weighted by Gasteiger charge is -2.01. The number of aryl methyl sites for hydroxylation is 1. The third-order valence-corrected chi connectivity index (χ3v) is 3.31. The van der Waals surface area contributed by atoms with Crippen molar-refractivity contribution in [1.82, 2.24) is 0 Å². The summed E-state index contributed by atoms with van der Waals surface area (Å²) in [4.78, 5) is 11.1. The molecule has 19 heavy (non-hydrogen) atoms. The van der Waals surface area contributed by atoms with Gasteiger partial charge < -0.3 is 4.42 Å². The molecular formula is C16H11ClO2. The molecule has 0 unspecified atom stereocenters. The van der Waals surface area contributed by atoms with E-state index in [9.17, 15) is 4.79 Å². The van der Waals surface area contributed by atoms with Crippen molar-refractivity contribution in [2.75, 3.05) is 0 Å². The van der Waals surface area contributed by atoms with E-state index in [1.54, 1.807) is 18.2 Å². The summed E-state index contributed by atoms with van der Waals surface area (Å²) in [5.41, 5.74) is 3.27. The molecule has 0 saturated carbocycles. The highest BCUT2D eigenvalue weighted by Crippen LogP contribution is 2.31. The van der Waals surface area contributed by atoms with Gasteiger partial charge in [-0.3, -0.25) is 4.79 Å². The maximum Gasteiger partial charge on any atom is 0.150 e. The number of benzene rings is 2. The van der Waals surface area contributed by atoms with Crippen LogP contribution in [-0.2, 0) is 0 Å². The molecule has 0 atom stereocenters.